The predicted octanol–water partition coefficient (Wildman–Crippen LogP) is 3.88. The van der Waals surface area contributed by atoms with Crippen molar-refractivity contribution >= 4 is 12.1 Å². The van der Waals surface area contributed by atoms with Crippen LogP contribution in [0.25, 0.3) is 0 Å². The van der Waals surface area contributed by atoms with Crippen LogP contribution in [0.15, 0.2) is 54.6 Å². The van der Waals surface area contributed by atoms with Crippen LogP contribution in [0.5, 0.6) is 5.75 Å². The zero-order valence-corrected chi connectivity index (χ0v) is 16.4. The molecule has 0 saturated carbocycles. The van der Waals surface area contributed by atoms with E-state index in [0.717, 1.165) is 24.0 Å². The molecule has 0 aliphatic rings. The highest BCUT2D eigenvalue weighted by atomic mass is 16.6. The van der Waals surface area contributed by atoms with E-state index in [1.807, 2.05) is 54.6 Å². The van der Waals surface area contributed by atoms with E-state index in [4.69, 9.17) is 14.2 Å². The van der Waals surface area contributed by atoms with Crippen LogP contribution in [0.3, 0.4) is 0 Å². The van der Waals surface area contributed by atoms with Crippen molar-refractivity contribution < 1.29 is 23.8 Å². The van der Waals surface area contributed by atoms with Gasteiger partial charge in [-0.25, -0.2) is 9.59 Å². The largest absolute Gasteiger partial charge is 0.493 e. The van der Waals surface area contributed by atoms with Crippen LogP contribution in [0.4, 0.5) is 4.79 Å². The quantitative estimate of drug-likeness (QED) is 0.496. The van der Waals surface area contributed by atoms with Gasteiger partial charge in [0.25, 0.3) is 0 Å². The summed E-state index contributed by atoms with van der Waals surface area (Å²) in [7, 11) is 1.29. The molecule has 0 radical (unpaired) electrons. The van der Waals surface area contributed by atoms with E-state index in [1.54, 1.807) is 0 Å². The molecule has 0 bridgehead atoms. The number of methoxy groups -OCH3 is 1. The first-order valence-electron chi connectivity index (χ1n) is 9.39. The zero-order valence-electron chi connectivity index (χ0n) is 16.4. The standard InChI is InChI=1S/C22H27NO5/c1-3-4-14-27-20-13-9-8-12-18(20)15-19(21(24)26-2)23-22(25)28-16-17-10-6-5-7-11-17/h5-13,19H,3-4,14-16H2,1-2H3,(H,23,25)/t19-/m0/s1. The summed E-state index contributed by atoms with van der Waals surface area (Å²) in [5.41, 5.74) is 1.68. The van der Waals surface area contributed by atoms with Crippen molar-refractivity contribution in [1.82, 2.24) is 5.32 Å². The minimum absolute atomic E-state index is 0.122. The maximum atomic E-state index is 12.2. The van der Waals surface area contributed by atoms with Gasteiger partial charge in [0.1, 0.15) is 18.4 Å². The number of hydrogen-bond acceptors (Lipinski definition) is 5. The molecule has 150 valence electrons. The van der Waals surface area contributed by atoms with Gasteiger partial charge < -0.3 is 19.5 Å². The Bertz CT molecular complexity index is 748. The summed E-state index contributed by atoms with van der Waals surface area (Å²) in [6.45, 7) is 2.81. The molecule has 6 nitrogen and oxygen atoms in total. The third kappa shape index (κ3) is 6.95. The summed E-state index contributed by atoms with van der Waals surface area (Å²) < 4.78 is 15.9. The second kappa shape index (κ2) is 11.6. The summed E-state index contributed by atoms with van der Waals surface area (Å²) in [6.07, 6.45) is 1.54. The van der Waals surface area contributed by atoms with Crippen LogP contribution in [-0.2, 0) is 27.3 Å². The molecule has 0 heterocycles. The number of hydrogen-bond donors (Lipinski definition) is 1. The predicted molar refractivity (Wildman–Crippen MR) is 106 cm³/mol. The van der Waals surface area contributed by atoms with Crippen LogP contribution < -0.4 is 10.1 Å². The van der Waals surface area contributed by atoms with Crippen molar-refractivity contribution in [1.29, 1.82) is 0 Å². The highest BCUT2D eigenvalue weighted by molar-refractivity contribution is 5.81. The lowest BCUT2D eigenvalue weighted by atomic mass is 10.0. The number of unbranched alkanes of at least 4 members (excludes halogenated alkanes) is 1. The lowest BCUT2D eigenvalue weighted by molar-refractivity contribution is -0.143. The SMILES string of the molecule is CCCCOc1ccccc1C[C@H](NC(=O)OCc1ccccc1)C(=O)OC. The molecule has 0 aliphatic carbocycles. The van der Waals surface area contributed by atoms with Crippen molar-refractivity contribution in [2.75, 3.05) is 13.7 Å². The molecule has 6 heteroatoms. The van der Waals surface area contributed by atoms with Crippen LogP contribution in [0, 0.1) is 0 Å². The number of para-hydroxylation sites is 1. The second-order valence-corrected chi connectivity index (χ2v) is 6.30. The fourth-order valence-corrected chi connectivity index (χ4v) is 2.60. The first kappa shape index (κ1) is 21.3. The molecule has 1 amide bonds. The Morgan fingerprint density at radius 2 is 1.75 bits per heavy atom. The average Bonchev–Trinajstić information content (AvgIpc) is 2.73. The lowest BCUT2D eigenvalue weighted by Crippen LogP contribution is -2.43. The summed E-state index contributed by atoms with van der Waals surface area (Å²) in [6, 6.07) is 15.9. The minimum Gasteiger partial charge on any atom is -0.493 e. The van der Waals surface area contributed by atoms with E-state index in [0.29, 0.717) is 12.4 Å². The van der Waals surface area contributed by atoms with Gasteiger partial charge in [0.05, 0.1) is 13.7 Å². The summed E-state index contributed by atoms with van der Waals surface area (Å²) >= 11 is 0. The molecule has 2 rings (SSSR count). The van der Waals surface area contributed by atoms with E-state index >= 15 is 0 Å². The van der Waals surface area contributed by atoms with Crippen LogP contribution in [-0.4, -0.2) is 31.8 Å². The lowest BCUT2D eigenvalue weighted by Gasteiger charge is -2.18. The molecule has 0 aromatic heterocycles. The summed E-state index contributed by atoms with van der Waals surface area (Å²) in [4.78, 5) is 24.3. The molecule has 1 N–H and O–H groups in total. The van der Waals surface area contributed by atoms with E-state index in [1.165, 1.54) is 7.11 Å². The second-order valence-electron chi connectivity index (χ2n) is 6.30. The number of rotatable bonds is 10. The smallest absolute Gasteiger partial charge is 0.408 e. The highest BCUT2D eigenvalue weighted by Gasteiger charge is 2.24. The Morgan fingerprint density at radius 3 is 2.46 bits per heavy atom. The molecule has 2 aromatic rings. The van der Waals surface area contributed by atoms with Gasteiger partial charge in [-0.3, -0.25) is 0 Å². The Labute approximate surface area is 165 Å². The molecule has 1 atom stereocenters. The monoisotopic (exact) mass is 385 g/mol. The summed E-state index contributed by atoms with van der Waals surface area (Å²) in [5, 5.41) is 2.59. The summed E-state index contributed by atoms with van der Waals surface area (Å²) in [5.74, 6) is 0.157. The molecule has 0 unspecified atom stereocenters. The van der Waals surface area contributed by atoms with Gasteiger partial charge in [-0.05, 0) is 23.6 Å². The van der Waals surface area contributed by atoms with Gasteiger partial charge >= 0.3 is 12.1 Å². The molecular weight excluding hydrogens is 358 g/mol. The third-order valence-corrected chi connectivity index (χ3v) is 4.14. The van der Waals surface area contributed by atoms with Gasteiger partial charge in [0.2, 0.25) is 0 Å². The molecule has 2 aromatic carbocycles. The van der Waals surface area contributed by atoms with Gasteiger partial charge in [0.15, 0.2) is 0 Å². The maximum Gasteiger partial charge on any atom is 0.408 e. The van der Waals surface area contributed by atoms with Gasteiger partial charge in [0, 0.05) is 6.42 Å². The minimum atomic E-state index is -0.871. The van der Waals surface area contributed by atoms with Crippen LogP contribution in [0.1, 0.15) is 30.9 Å². The molecule has 28 heavy (non-hydrogen) atoms. The number of carbonyl (C=O) groups is 2. The number of benzene rings is 2. The van der Waals surface area contributed by atoms with E-state index in [-0.39, 0.29) is 13.0 Å². The van der Waals surface area contributed by atoms with Gasteiger partial charge in [-0.2, -0.15) is 0 Å². The molecule has 0 fully saturated rings. The molecule has 0 aliphatic heterocycles. The van der Waals surface area contributed by atoms with E-state index < -0.39 is 18.1 Å². The fraction of sp³-hybridized carbons (Fsp3) is 0.364. The Morgan fingerprint density at radius 1 is 1.04 bits per heavy atom. The first-order valence-corrected chi connectivity index (χ1v) is 9.39. The number of alkyl carbamates (subject to hydrolysis) is 1. The number of amides is 1. The van der Waals surface area contributed by atoms with Crippen molar-refractivity contribution in [3.05, 3.63) is 65.7 Å². The van der Waals surface area contributed by atoms with Crippen molar-refractivity contribution in [2.45, 2.75) is 38.8 Å². The Hall–Kier alpha value is -3.02. The topological polar surface area (TPSA) is 73.9 Å². The van der Waals surface area contributed by atoms with Crippen molar-refractivity contribution in [3.8, 4) is 5.75 Å². The van der Waals surface area contributed by atoms with Crippen LogP contribution >= 0.6 is 0 Å². The van der Waals surface area contributed by atoms with Gasteiger partial charge in [-0.15, -0.1) is 0 Å². The maximum absolute atomic E-state index is 12.2. The molecular formula is C22H27NO5. The van der Waals surface area contributed by atoms with Crippen LogP contribution in [0.2, 0.25) is 0 Å². The Kier molecular flexibility index (Phi) is 8.85. The Balaban J connectivity index is 1.99. The molecule has 0 spiro atoms. The highest BCUT2D eigenvalue weighted by Crippen LogP contribution is 2.20. The van der Waals surface area contributed by atoms with Crippen molar-refractivity contribution in [2.24, 2.45) is 0 Å². The number of nitrogens with one attached hydrogen (secondary N) is 1. The van der Waals surface area contributed by atoms with E-state index in [9.17, 15) is 9.59 Å². The number of ether oxygens (including phenoxy) is 3. The number of esters is 1. The normalized spacial score (nSPS) is 11.4. The third-order valence-electron chi connectivity index (χ3n) is 4.14. The fourth-order valence-electron chi connectivity index (χ4n) is 2.60. The first-order chi connectivity index (χ1) is 13.6. The van der Waals surface area contributed by atoms with Crippen molar-refractivity contribution in [3.63, 3.8) is 0 Å². The zero-order chi connectivity index (χ0) is 20.2. The molecule has 0 saturated heterocycles. The average molecular weight is 385 g/mol. The van der Waals surface area contributed by atoms with E-state index in [2.05, 4.69) is 12.2 Å². The van der Waals surface area contributed by atoms with Gasteiger partial charge in [-0.1, -0.05) is 61.9 Å². The number of carbonyl (C=O) groups excluding carboxylic acids is 2.